The van der Waals surface area contributed by atoms with Crippen molar-refractivity contribution in [2.75, 3.05) is 13.2 Å². The normalized spacial score (nSPS) is 10.2. The van der Waals surface area contributed by atoms with E-state index in [2.05, 4.69) is 15.9 Å². The second-order valence-electron chi connectivity index (χ2n) is 4.02. The van der Waals surface area contributed by atoms with Crippen molar-refractivity contribution in [3.05, 3.63) is 62.1 Å². The van der Waals surface area contributed by atoms with Gasteiger partial charge in [0.15, 0.2) is 5.75 Å². The maximum absolute atomic E-state index is 10.9. The molecule has 0 unspecified atom stereocenters. The van der Waals surface area contributed by atoms with Crippen LogP contribution in [0.4, 0.5) is 5.69 Å². The molecule has 0 aliphatic carbocycles. The molecule has 0 amide bonds. The van der Waals surface area contributed by atoms with Crippen LogP contribution < -0.4 is 9.47 Å². The summed E-state index contributed by atoms with van der Waals surface area (Å²) in [6, 6.07) is 11.5. The van der Waals surface area contributed by atoms with Gasteiger partial charge < -0.3 is 9.47 Å². The van der Waals surface area contributed by atoms with Crippen molar-refractivity contribution >= 4 is 33.2 Å². The maximum atomic E-state index is 10.9. The van der Waals surface area contributed by atoms with Gasteiger partial charge in [-0.3, -0.25) is 10.1 Å². The van der Waals surface area contributed by atoms with E-state index in [1.165, 1.54) is 18.2 Å². The van der Waals surface area contributed by atoms with Gasteiger partial charge in [-0.25, -0.2) is 0 Å². The third-order valence-corrected chi connectivity index (χ3v) is 3.31. The van der Waals surface area contributed by atoms with E-state index < -0.39 is 4.92 Å². The van der Waals surface area contributed by atoms with Crippen molar-refractivity contribution in [1.29, 1.82) is 0 Å². The number of nitro benzene ring substituents is 1. The molecular formula is C14H11BrClNO4. The standard InChI is InChI=1S/C14H11BrClNO4/c15-10-1-4-12(5-2-10)20-7-8-21-14-9-11(16)3-6-13(14)17(18)19/h1-6,9H,7-8H2. The topological polar surface area (TPSA) is 61.6 Å². The largest absolute Gasteiger partial charge is 0.490 e. The van der Waals surface area contributed by atoms with Gasteiger partial charge >= 0.3 is 5.69 Å². The van der Waals surface area contributed by atoms with E-state index in [-0.39, 0.29) is 24.7 Å². The number of benzene rings is 2. The van der Waals surface area contributed by atoms with Gasteiger partial charge in [0, 0.05) is 21.6 Å². The van der Waals surface area contributed by atoms with Gasteiger partial charge in [-0.2, -0.15) is 0 Å². The van der Waals surface area contributed by atoms with Crippen LogP contribution in [0.3, 0.4) is 0 Å². The first-order chi connectivity index (χ1) is 10.1. The third kappa shape index (κ3) is 4.61. The molecule has 0 N–H and O–H groups in total. The van der Waals surface area contributed by atoms with Crippen LogP contribution >= 0.6 is 27.5 Å². The van der Waals surface area contributed by atoms with E-state index in [0.717, 1.165) is 4.47 Å². The average molecular weight is 373 g/mol. The third-order valence-electron chi connectivity index (χ3n) is 2.54. The van der Waals surface area contributed by atoms with Gasteiger partial charge in [-0.15, -0.1) is 0 Å². The lowest BCUT2D eigenvalue weighted by Crippen LogP contribution is -2.09. The van der Waals surface area contributed by atoms with Crippen molar-refractivity contribution in [2.45, 2.75) is 0 Å². The highest BCUT2D eigenvalue weighted by molar-refractivity contribution is 9.10. The minimum atomic E-state index is -0.513. The molecule has 0 radical (unpaired) electrons. The first-order valence-electron chi connectivity index (χ1n) is 6.01. The lowest BCUT2D eigenvalue weighted by atomic mass is 10.3. The minimum Gasteiger partial charge on any atom is -0.490 e. The average Bonchev–Trinajstić information content (AvgIpc) is 2.45. The minimum absolute atomic E-state index is 0.122. The Morgan fingerprint density at radius 1 is 1.10 bits per heavy atom. The SMILES string of the molecule is O=[N+]([O-])c1ccc(Cl)cc1OCCOc1ccc(Br)cc1. The Labute approximate surface area is 134 Å². The fraction of sp³-hybridized carbons (Fsp3) is 0.143. The molecule has 0 spiro atoms. The van der Waals surface area contributed by atoms with E-state index in [9.17, 15) is 10.1 Å². The zero-order chi connectivity index (χ0) is 15.2. The Morgan fingerprint density at radius 3 is 2.43 bits per heavy atom. The predicted octanol–water partition coefficient (Wildman–Crippen LogP) is 4.47. The van der Waals surface area contributed by atoms with Crippen molar-refractivity contribution in [3.8, 4) is 11.5 Å². The highest BCUT2D eigenvalue weighted by Crippen LogP contribution is 2.29. The summed E-state index contributed by atoms with van der Waals surface area (Å²) in [4.78, 5) is 10.4. The Balaban J connectivity index is 1.90. The monoisotopic (exact) mass is 371 g/mol. The van der Waals surface area contributed by atoms with Crippen LogP contribution in [-0.4, -0.2) is 18.1 Å². The van der Waals surface area contributed by atoms with Crippen LogP contribution in [0.5, 0.6) is 11.5 Å². The molecule has 5 nitrogen and oxygen atoms in total. The predicted molar refractivity (Wildman–Crippen MR) is 83.2 cm³/mol. The zero-order valence-corrected chi connectivity index (χ0v) is 13.1. The summed E-state index contributed by atoms with van der Waals surface area (Å²) < 4.78 is 11.8. The second-order valence-corrected chi connectivity index (χ2v) is 5.37. The molecule has 0 bridgehead atoms. The fourth-order valence-electron chi connectivity index (χ4n) is 1.60. The molecule has 0 aliphatic rings. The number of hydrogen-bond donors (Lipinski definition) is 0. The first-order valence-corrected chi connectivity index (χ1v) is 7.18. The molecule has 0 aliphatic heterocycles. The van der Waals surface area contributed by atoms with Crippen LogP contribution in [0.25, 0.3) is 0 Å². The molecule has 0 atom stereocenters. The van der Waals surface area contributed by atoms with Crippen molar-refractivity contribution < 1.29 is 14.4 Å². The zero-order valence-electron chi connectivity index (χ0n) is 10.8. The summed E-state index contributed by atoms with van der Waals surface area (Å²) in [5, 5.41) is 11.2. The fourth-order valence-corrected chi connectivity index (χ4v) is 2.02. The van der Waals surface area contributed by atoms with Gasteiger partial charge in [0.1, 0.15) is 19.0 Å². The van der Waals surface area contributed by atoms with Crippen LogP contribution in [0, 0.1) is 10.1 Å². The molecule has 2 aromatic rings. The van der Waals surface area contributed by atoms with E-state index in [1.807, 2.05) is 24.3 Å². The highest BCUT2D eigenvalue weighted by atomic mass is 79.9. The second kappa shape index (κ2) is 7.28. The molecule has 0 fully saturated rings. The van der Waals surface area contributed by atoms with Gasteiger partial charge in [0.2, 0.25) is 0 Å². The quantitative estimate of drug-likeness (QED) is 0.426. The highest BCUT2D eigenvalue weighted by Gasteiger charge is 2.15. The van der Waals surface area contributed by atoms with Crippen LogP contribution in [0.2, 0.25) is 5.02 Å². The van der Waals surface area contributed by atoms with Crippen molar-refractivity contribution in [3.63, 3.8) is 0 Å². The van der Waals surface area contributed by atoms with Crippen LogP contribution in [-0.2, 0) is 0 Å². The lowest BCUT2D eigenvalue weighted by molar-refractivity contribution is -0.385. The summed E-state index contributed by atoms with van der Waals surface area (Å²) in [6.45, 7) is 0.447. The molecular weight excluding hydrogens is 362 g/mol. The maximum Gasteiger partial charge on any atom is 0.311 e. The van der Waals surface area contributed by atoms with Gasteiger partial charge in [0.05, 0.1) is 4.92 Å². The lowest BCUT2D eigenvalue weighted by Gasteiger charge is -2.09. The Bertz CT molecular complexity index is 633. The Morgan fingerprint density at radius 2 is 1.76 bits per heavy atom. The summed E-state index contributed by atoms with van der Waals surface area (Å²) in [5.41, 5.74) is -0.122. The van der Waals surface area contributed by atoms with E-state index >= 15 is 0 Å². The Kier molecular flexibility index (Phi) is 5.41. The molecule has 2 aromatic carbocycles. The Hall–Kier alpha value is -1.79. The molecule has 21 heavy (non-hydrogen) atoms. The molecule has 0 aromatic heterocycles. The number of ether oxygens (including phenoxy) is 2. The van der Waals surface area contributed by atoms with Gasteiger partial charge in [-0.1, -0.05) is 27.5 Å². The summed E-state index contributed by atoms with van der Waals surface area (Å²) in [6.07, 6.45) is 0. The molecule has 0 saturated carbocycles. The molecule has 110 valence electrons. The molecule has 2 rings (SSSR count). The first kappa shape index (κ1) is 15.6. The molecule has 7 heteroatoms. The number of nitrogens with zero attached hydrogens (tertiary/aromatic N) is 1. The molecule has 0 saturated heterocycles. The van der Waals surface area contributed by atoms with E-state index in [0.29, 0.717) is 10.8 Å². The number of nitro groups is 1. The van der Waals surface area contributed by atoms with E-state index in [4.69, 9.17) is 21.1 Å². The van der Waals surface area contributed by atoms with E-state index in [1.54, 1.807) is 0 Å². The van der Waals surface area contributed by atoms with Crippen LogP contribution in [0.15, 0.2) is 46.9 Å². The van der Waals surface area contributed by atoms with Crippen molar-refractivity contribution in [2.24, 2.45) is 0 Å². The van der Waals surface area contributed by atoms with Crippen molar-refractivity contribution in [1.82, 2.24) is 0 Å². The number of halogens is 2. The summed E-state index contributed by atoms with van der Waals surface area (Å²) in [5.74, 6) is 0.828. The molecule has 0 heterocycles. The van der Waals surface area contributed by atoms with Gasteiger partial charge in [0.25, 0.3) is 0 Å². The summed E-state index contributed by atoms with van der Waals surface area (Å²) >= 11 is 9.14. The smallest absolute Gasteiger partial charge is 0.311 e. The number of rotatable bonds is 6. The van der Waals surface area contributed by atoms with Crippen LogP contribution in [0.1, 0.15) is 0 Å². The number of hydrogen-bond acceptors (Lipinski definition) is 4. The summed E-state index contributed by atoms with van der Waals surface area (Å²) in [7, 11) is 0. The van der Waals surface area contributed by atoms with Gasteiger partial charge in [-0.05, 0) is 30.3 Å².